The summed E-state index contributed by atoms with van der Waals surface area (Å²) < 4.78 is 4.72. The largest absolute Gasteiger partial charge is 0.453 e. The maximum Gasteiger partial charge on any atom is 0.407 e. The van der Waals surface area contributed by atoms with E-state index in [9.17, 15) is 9.59 Å². The summed E-state index contributed by atoms with van der Waals surface area (Å²) in [7, 11) is 1.29. The van der Waals surface area contributed by atoms with Crippen molar-refractivity contribution in [2.45, 2.75) is 38.8 Å². The number of methoxy groups -OCH3 is 1. The van der Waals surface area contributed by atoms with Crippen LogP contribution in [0.5, 0.6) is 0 Å². The number of aromatic amines is 2. The number of carbonyl (C=O) groups is 2. The maximum atomic E-state index is 13.4. The molecule has 2 amide bonds. The van der Waals surface area contributed by atoms with Gasteiger partial charge in [-0.2, -0.15) is 0 Å². The van der Waals surface area contributed by atoms with E-state index in [1.807, 2.05) is 61.2 Å². The quantitative estimate of drug-likeness (QED) is 0.344. The minimum absolute atomic E-state index is 0.0821. The summed E-state index contributed by atoms with van der Waals surface area (Å²) in [5, 5.41) is 2.68. The molecule has 1 fully saturated rings. The van der Waals surface area contributed by atoms with Crippen molar-refractivity contribution in [3.05, 3.63) is 71.9 Å². The van der Waals surface area contributed by atoms with Gasteiger partial charge in [0.15, 0.2) is 0 Å². The van der Waals surface area contributed by atoms with Crippen LogP contribution in [0.3, 0.4) is 0 Å². The number of H-pyrrole nitrogens is 2. The van der Waals surface area contributed by atoms with Crippen molar-refractivity contribution in [1.82, 2.24) is 30.2 Å². The van der Waals surface area contributed by atoms with E-state index in [0.717, 1.165) is 52.1 Å². The van der Waals surface area contributed by atoms with Crippen LogP contribution in [-0.2, 0) is 9.53 Å². The fourth-order valence-corrected chi connectivity index (χ4v) is 4.75. The third kappa shape index (κ3) is 5.25. The summed E-state index contributed by atoms with van der Waals surface area (Å²) >= 11 is 0. The van der Waals surface area contributed by atoms with Crippen LogP contribution in [-0.4, -0.2) is 56.5 Å². The Balaban J connectivity index is 1.33. The van der Waals surface area contributed by atoms with Gasteiger partial charge in [-0.05, 0) is 54.7 Å². The molecule has 5 rings (SSSR count). The molecule has 0 aliphatic carbocycles. The Morgan fingerprint density at radius 2 is 1.89 bits per heavy atom. The second-order valence-corrected chi connectivity index (χ2v) is 9.69. The predicted octanol–water partition coefficient (Wildman–Crippen LogP) is 4.40. The number of imidazole rings is 2. The van der Waals surface area contributed by atoms with Gasteiger partial charge in [-0.15, -0.1) is 0 Å². The zero-order valence-corrected chi connectivity index (χ0v) is 21.6. The number of aromatic nitrogens is 4. The number of carbonyl (C=O) groups excluding carboxylic acids is 2. The third-order valence-electron chi connectivity index (χ3n) is 6.79. The second kappa shape index (κ2) is 10.8. The Hall–Kier alpha value is -4.58. The number of nitrogens with one attached hydrogen (secondary N) is 3. The molecule has 4 aromatic rings. The number of alkyl carbamates (subject to hydrolysis) is 1. The van der Waals surface area contributed by atoms with Gasteiger partial charge in [-0.3, -0.25) is 4.79 Å². The van der Waals surface area contributed by atoms with E-state index in [1.165, 1.54) is 7.11 Å². The lowest BCUT2D eigenvalue weighted by Crippen LogP contribution is -2.51. The molecule has 0 bridgehead atoms. The molecule has 9 nitrogen and oxygen atoms in total. The molecule has 0 radical (unpaired) electrons. The summed E-state index contributed by atoms with van der Waals surface area (Å²) in [4.78, 5) is 42.4. The Morgan fingerprint density at radius 1 is 1.13 bits per heavy atom. The first-order valence-electron chi connectivity index (χ1n) is 12.7. The van der Waals surface area contributed by atoms with E-state index in [4.69, 9.17) is 9.72 Å². The van der Waals surface area contributed by atoms with Gasteiger partial charge in [0, 0.05) is 17.7 Å². The van der Waals surface area contributed by atoms with Crippen molar-refractivity contribution in [1.29, 1.82) is 0 Å². The molecule has 3 heterocycles. The highest BCUT2D eigenvalue weighted by Gasteiger charge is 2.37. The summed E-state index contributed by atoms with van der Waals surface area (Å²) in [5.74, 6) is 6.98. The van der Waals surface area contributed by atoms with E-state index < -0.39 is 12.1 Å². The van der Waals surface area contributed by atoms with E-state index in [1.54, 1.807) is 12.5 Å². The Morgan fingerprint density at radius 3 is 2.61 bits per heavy atom. The summed E-state index contributed by atoms with van der Waals surface area (Å²) in [6, 6.07) is 13.0. The van der Waals surface area contributed by atoms with Gasteiger partial charge in [0.1, 0.15) is 11.9 Å². The minimum Gasteiger partial charge on any atom is -0.453 e. The average Bonchev–Trinajstić information content (AvgIpc) is 3.70. The van der Waals surface area contributed by atoms with Crippen molar-refractivity contribution in [3.8, 4) is 23.1 Å². The topological polar surface area (TPSA) is 116 Å². The molecule has 9 heteroatoms. The number of ether oxygens (including phenoxy) is 1. The van der Waals surface area contributed by atoms with Gasteiger partial charge in [0.2, 0.25) is 5.91 Å². The lowest BCUT2D eigenvalue weighted by Gasteiger charge is -2.29. The molecule has 3 N–H and O–H groups in total. The fraction of sp³-hybridized carbons (Fsp3) is 0.310. The van der Waals surface area contributed by atoms with Crippen LogP contribution in [0.1, 0.15) is 49.7 Å². The smallest absolute Gasteiger partial charge is 0.407 e. The first-order chi connectivity index (χ1) is 18.4. The van der Waals surface area contributed by atoms with Crippen molar-refractivity contribution >= 4 is 23.0 Å². The molecule has 2 aromatic carbocycles. The van der Waals surface area contributed by atoms with E-state index >= 15 is 0 Å². The first-order valence-corrected chi connectivity index (χ1v) is 12.7. The van der Waals surface area contributed by atoms with Crippen LogP contribution in [0.4, 0.5) is 4.79 Å². The molecule has 1 saturated heterocycles. The molecule has 38 heavy (non-hydrogen) atoms. The number of benzene rings is 2. The SMILES string of the molecule is COC(=O)NC(C(=O)N1CCCC1c1nc2ccc(C#Cc3ccc(-c4cnc[nH]4)cc3)cc2[nH]1)C(C)C. The van der Waals surface area contributed by atoms with Gasteiger partial charge in [-0.25, -0.2) is 14.8 Å². The monoisotopic (exact) mass is 510 g/mol. The molecule has 1 aliphatic rings. The normalized spacial score (nSPS) is 15.8. The van der Waals surface area contributed by atoms with E-state index in [2.05, 4.69) is 32.1 Å². The van der Waals surface area contributed by atoms with Crippen LogP contribution >= 0.6 is 0 Å². The molecule has 2 unspecified atom stereocenters. The molecule has 194 valence electrons. The zero-order chi connectivity index (χ0) is 26.6. The lowest BCUT2D eigenvalue weighted by molar-refractivity contribution is -0.135. The Bertz CT molecular complexity index is 1490. The van der Waals surface area contributed by atoms with Gasteiger partial charge < -0.3 is 24.9 Å². The molecule has 0 spiro atoms. The number of fused-ring (bicyclic) bond motifs is 1. The van der Waals surface area contributed by atoms with Crippen molar-refractivity contribution in [2.75, 3.05) is 13.7 Å². The molecule has 2 aromatic heterocycles. The number of rotatable bonds is 5. The lowest BCUT2D eigenvalue weighted by atomic mass is 10.0. The van der Waals surface area contributed by atoms with Crippen molar-refractivity contribution < 1.29 is 14.3 Å². The number of hydrogen-bond donors (Lipinski definition) is 3. The van der Waals surface area contributed by atoms with Crippen molar-refractivity contribution in [2.24, 2.45) is 5.92 Å². The third-order valence-corrected chi connectivity index (χ3v) is 6.79. The molecule has 1 aliphatic heterocycles. The van der Waals surface area contributed by atoms with Crippen LogP contribution in [0.15, 0.2) is 55.0 Å². The van der Waals surface area contributed by atoms with Crippen LogP contribution in [0.2, 0.25) is 0 Å². The standard InChI is InChI=1S/C29H30N6O3/c1-18(2)26(34-29(37)38-3)28(36)35-14-4-5-25(35)27-32-22-13-10-20(15-23(22)33-27)7-6-19-8-11-21(12-9-19)24-16-30-17-31-24/h8-13,15-18,25-26H,4-5,14H2,1-3H3,(H,30,31)(H,32,33)(H,34,37). The highest BCUT2D eigenvalue weighted by Crippen LogP contribution is 2.32. The van der Waals surface area contributed by atoms with Gasteiger partial charge >= 0.3 is 6.09 Å². The van der Waals surface area contributed by atoms with E-state index in [0.29, 0.717) is 6.54 Å². The van der Waals surface area contributed by atoms with Gasteiger partial charge in [-0.1, -0.05) is 37.8 Å². The Kier molecular flexibility index (Phi) is 7.13. The summed E-state index contributed by atoms with van der Waals surface area (Å²) in [6.07, 6.45) is 4.51. The maximum absolute atomic E-state index is 13.4. The zero-order valence-electron chi connectivity index (χ0n) is 21.6. The van der Waals surface area contributed by atoms with Crippen molar-refractivity contribution in [3.63, 3.8) is 0 Å². The highest BCUT2D eigenvalue weighted by atomic mass is 16.5. The van der Waals surface area contributed by atoms with Crippen LogP contribution in [0, 0.1) is 17.8 Å². The number of nitrogens with zero attached hydrogens (tertiary/aromatic N) is 3. The molecular formula is C29H30N6O3. The Labute approximate surface area is 221 Å². The van der Waals surface area contributed by atoms with Crippen LogP contribution < -0.4 is 5.32 Å². The van der Waals surface area contributed by atoms with E-state index in [-0.39, 0.29) is 17.9 Å². The summed E-state index contributed by atoms with van der Waals surface area (Å²) in [5.41, 5.74) is 5.49. The van der Waals surface area contributed by atoms with Gasteiger partial charge in [0.05, 0.1) is 42.4 Å². The van der Waals surface area contributed by atoms with Gasteiger partial charge in [0.25, 0.3) is 0 Å². The fourth-order valence-electron chi connectivity index (χ4n) is 4.75. The summed E-state index contributed by atoms with van der Waals surface area (Å²) in [6.45, 7) is 4.42. The minimum atomic E-state index is -0.664. The number of amides is 2. The average molecular weight is 511 g/mol. The molecule has 2 atom stereocenters. The van der Waals surface area contributed by atoms with Crippen LogP contribution in [0.25, 0.3) is 22.3 Å². The molecular weight excluding hydrogens is 480 g/mol. The molecule has 0 saturated carbocycles. The number of likely N-dealkylation sites (tertiary alicyclic amines) is 1. The number of hydrogen-bond acceptors (Lipinski definition) is 5. The predicted molar refractivity (Wildman–Crippen MR) is 144 cm³/mol. The second-order valence-electron chi connectivity index (χ2n) is 9.69. The highest BCUT2D eigenvalue weighted by molar-refractivity contribution is 5.86. The first kappa shape index (κ1) is 25.1.